The van der Waals surface area contributed by atoms with Crippen molar-refractivity contribution in [2.75, 3.05) is 5.73 Å². The van der Waals surface area contributed by atoms with Gasteiger partial charge in [0.1, 0.15) is 0 Å². The molecule has 3 nitrogen and oxygen atoms in total. The topological polar surface area (TPSA) is 52.0 Å². The van der Waals surface area contributed by atoms with Crippen LogP contribution in [0.2, 0.25) is 0 Å². The average Bonchev–Trinajstić information content (AvgIpc) is 2.81. The van der Waals surface area contributed by atoms with Crippen molar-refractivity contribution in [2.45, 2.75) is 25.2 Å². The summed E-state index contributed by atoms with van der Waals surface area (Å²) in [5, 5.41) is 4.35. The molecular weight excluding hydrogens is 328 g/mol. The van der Waals surface area contributed by atoms with E-state index in [2.05, 4.69) is 27.2 Å². The van der Waals surface area contributed by atoms with Gasteiger partial charge in [0.25, 0.3) is 0 Å². The molecule has 3 aliphatic rings. The molecule has 0 spiro atoms. The smallest absolute Gasteiger partial charge is 0.230 e. The molecule has 4 unspecified atom stereocenters. The Kier molecular flexibility index (Phi) is 2.41. The van der Waals surface area contributed by atoms with Gasteiger partial charge in [0.2, 0.25) is 5.88 Å². The second kappa shape index (κ2) is 4.13. The zero-order chi connectivity index (χ0) is 14.1. The van der Waals surface area contributed by atoms with Gasteiger partial charge in [-0.3, -0.25) is 0 Å². The number of aromatic nitrogens is 1. The van der Waals surface area contributed by atoms with Gasteiger partial charge < -0.3 is 10.3 Å². The fraction of sp³-hybridized carbons (Fsp3) is 0.471. The maximum Gasteiger partial charge on any atom is 0.230 e. The number of benzene rings is 1. The van der Waals surface area contributed by atoms with Crippen LogP contribution in [0.5, 0.6) is 0 Å². The monoisotopic (exact) mass is 344 g/mol. The molecule has 0 aliphatic heterocycles. The summed E-state index contributed by atoms with van der Waals surface area (Å²) in [5.41, 5.74) is 9.31. The third-order valence-electron chi connectivity index (χ3n) is 5.94. The van der Waals surface area contributed by atoms with E-state index in [-0.39, 0.29) is 0 Å². The third-order valence-corrected chi connectivity index (χ3v) is 6.63. The molecule has 1 aromatic carbocycles. The number of nitrogens with zero attached hydrogens (tertiary/aromatic N) is 1. The van der Waals surface area contributed by atoms with Crippen molar-refractivity contribution in [1.29, 1.82) is 0 Å². The minimum atomic E-state index is 0.453. The Balaban J connectivity index is 1.60. The zero-order valence-electron chi connectivity index (χ0n) is 11.6. The SMILES string of the molecule is Nc1onc(C2C3C4CCC(C4)C23)c1-c1ccccc1Br. The minimum Gasteiger partial charge on any atom is -0.367 e. The number of hydrogen-bond acceptors (Lipinski definition) is 3. The summed E-state index contributed by atoms with van der Waals surface area (Å²) in [5.74, 6) is 4.57. The van der Waals surface area contributed by atoms with Crippen molar-refractivity contribution in [3.63, 3.8) is 0 Å². The normalized spacial score (nSPS) is 36.0. The molecule has 0 amide bonds. The van der Waals surface area contributed by atoms with Gasteiger partial charge in [0.15, 0.2) is 0 Å². The van der Waals surface area contributed by atoms with Crippen molar-refractivity contribution in [3.05, 3.63) is 34.4 Å². The molecule has 1 heterocycles. The largest absolute Gasteiger partial charge is 0.367 e. The summed E-state index contributed by atoms with van der Waals surface area (Å²) in [6.45, 7) is 0. The van der Waals surface area contributed by atoms with Crippen LogP contribution in [0.4, 0.5) is 5.88 Å². The van der Waals surface area contributed by atoms with Crippen LogP contribution in [-0.2, 0) is 0 Å². The number of halogens is 1. The Morgan fingerprint density at radius 2 is 1.86 bits per heavy atom. The molecule has 0 saturated heterocycles. The van der Waals surface area contributed by atoms with Crippen LogP contribution in [0, 0.1) is 23.7 Å². The molecule has 4 atom stereocenters. The van der Waals surface area contributed by atoms with Crippen LogP contribution in [0.1, 0.15) is 30.9 Å². The van der Waals surface area contributed by atoms with Gasteiger partial charge >= 0.3 is 0 Å². The molecular formula is C17H17BrN2O. The summed E-state index contributed by atoms with van der Waals surface area (Å²) in [6, 6.07) is 8.18. The Labute approximate surface area is 132 Å². The molecule has 3 fully saturated rings. The summed E-state index contributed by atoms with van der Waals surface area (Å²) in [4.78, 5) is 0. The van der Waals surface area contributed by atoms with E-state index in [4.69, 9.17) is 10.3 Å². The van der Waals surface area contributed by atoms with Crippen molar-refractivity contribution < 1.29 is 4.52 Å². The second-order valence-corrected chi connectivity index (χ2v) is 7.65. The van der Waals surface area contributed by atoms with Crippen molar-refractivity contribution >= 4 is 21.8 Å². The molecule has 108 valence electrons. The van der Waals surface area contributed by atoms with Crippen LogP contribution in [-0.4, -0.2) is 5.16 Å². The van der Waals surface area contributed by atoms with E-state index in [9.17, 15) is 0 Å². The molecule has 0 radical (unpaired) electrons. The second-order valence-electron chi connectivity index (χ2n) is 6.80. The van der Waals surface area contributed by atoms with Gasteiger partial charge in [-0.1, -0.05) is 39.3 Å². The molecule has 5 rings (SSSR count). The number of fused-ring (bicyclic) bond motifs is 5. The fourth-order valence-electron chi connectivity index (χ4n) is 5.17. The standard InChI is InChI=1S/C17H17BrN2O/c18-11-4-2-1-3-10(11)14-16(20-21-17(14)19)15-12-8-5-6-9(7-8)13(12)15/h1-4,8-9,12-13,15H,5-7,19H2. The number of hydrogen-bond donors (Lipinski definition) is 1. The van der Waals surface area contributed by atoms with E-state index in [1.54, 1.807) is 0 Å². The van der Waals surface area contributed by atoms with Gasteiger partial charge in [0.05, 0.1) is 11.3 Å². The quantitative estimate of drug-likeness (QED) is 0.875. The maximum atomic E-state index is 6.09. The van der Waals surface area contributed by atoms with Crippen molar-refractivity contribution in [2.24, 2.45) is 23.7 Å². The lowest BCUT2D eigenvalue weighted by atomic mass is 9.96. The molecule has 1 aromatic heterocycles. The van der Waals surface area contributed by atoms with Gasteiger partial charge in [-0.15, -0.1) is 0 Å². The number of nitrogen functional groups attached to an aromatic ring is 1. The average molecular weight is 345 g/mol. The van der Waals surface area contributed by atoms with Gasteiger partial charge in [-0.2, -0.15) is 0 Å². The summed E-state index contributed by atoms with van der Waals surface area (Å²) in [6.07, 6.45) is 4.28. The van der Waals surface area contributed by atoms with Gasteiger partial charge in [0, 0.05) is 16.0 Å². The van der Waals surface area contributed by atoms with Crippen LogP contribution < -0.4 is 5.73 Å². The first kappa shape index (κ1) is 12.3. The Morgan fingerprint density at radius 1 is 1.14 bits per heavy atom. The summed E-state index contributed by atoms with van der Waals surface area (Å²) < 4.78 is 6.42. The lowest BCUT2D eigenvalue weighted by Gasteiger charge is -2.09. The minimum absolute atomic E-state index is 0.453. The highest BCUT2D eigenvalue weighted by molar-refractivity contribution is 9.10. The van der Waals surface area contributed by atoms with E-state index in [1.807, 2.05) is 18.2 Å². The predicted molar refractivity (Wildman–Crippen MR) is 84.6 cm³/mol. The molecule has 2 N–H and O–H groups in total. The number of nitrogens with two attached hydrogens (primary N) is 1. The molecule has 2 aromatic rings. The van der Waals surface area contributed by atoms with E-state index in [0.29, 0.717) is 11.8 Å². The number of rotatable bonds is 2. The first-order valence-corrected chi connectivity index (χ1v) is 8.55. The molecule has 4 heteroatoms. The van der Waals surface area contributed by atoms with E-state index >= 15 is 0 Å². The van der Waals surface area contributed by atoms with E-state index in [1.165, 1.54) is 19.3 Å². The summed E-state index contributed by atoms with van der Waals surface area (Å²) >= 11 is 3.63. The lowest BCUT2D eigenvalue weighted by Crippen LogP contribution is -1.99. The molecule has 21 heavy (non-hydrogen) atoms. The van der Waals surface area contributed by atoms with E-state index < -0.39 is 0 Å². The highest BCUT2D eigenvalue weighted by atomic mass is 79.9. The van der Waals surface area contributed by atoms with Crippen molar-refractivity contribution in [1.82, 2.24) is 5.16 Å². The highest BCUT2D eigenvalue weighted by Gasteiger charge is 2.66. The molecule has 3 aliphatic carbocycles. The Morgan fingerprint density at radius 3 is 2.57 bits per heavy atom. The third kappa shape index (κ3) is 1.57. The molecule has 2 bridgehead atoms. The maximum absolute atomic E-state index is 6.09. The summed E-state index contributed by atoms with van der Waals surface area (Å²) in [7, 11) is 0. The van der Waals surface area contributed by atoms with Gasteiger partial charge in [-0.05, 0) is 49.0 Å². The van der Waals surface area contributed by atoms with Gasteiger partial charge in [-0.25, -0.2) is 0 Å². The van der Waals surface area contributed by atoms with Crippen molar-refractivity contribution in [3.8, 4) is 11.1 Å². The zero-order valence-corrected chi connectivity index (χ0v) is 13.2. The Bertz CT molecular complexity index is 709. The fourth-order valence-corrected chi connectivity index (χ4v) is 5.65. The highest BCUT2D eigenvalue weighted by Crippen LogP contribution is 2.73. The van der Waals surface area contributed by atoms with Crippen LogP contribution in [0.15, 0.2) is 33.3 Å². The lowest BCUT2D eigenvalue weighted by molar-refractivity contribution is 0.417. The first-order chi connectivity index (χ1) is 10.3. The predicted octanol–water partition coefficient (Wildman–Crippen LogP) is 4.45. The van der Waals surface area contributed by atoms with Crippen LogP contribution in [0.25, 0.3) is 11.1 Å². The Hall–Kier alpha value is -1.29. The van der Waals surface area contributed by atoms with Crippen LogP contribution in [0.3, 0.4) is 0 Å². The number of anilines is 1. The van der Waals surface area contributed by atoms with Crippen LogP contribution >= 0.6 is 15.9 Å². The molecule has 3 saturated carbocycles. The van der Waals surface area contributed by atoms with E-state index in [0.717, 1.165) is 45.0 Å². The first-order valence-electron chi connectivity index (χ1n) is 7.75.